The third-order valence-corrected chi connectivity index (χ3v) is 5.61. The fourth-order valence-corrected chi connectivity index (χ4v) is 3.41. The summed E-state index contributed by atoms with van der Waals surface area (Å²) in [6.07, 6.45) is 0. The van der Waals surface area contributed by atoms with Crippen LogP contribution in [0.15, 0.2) is 66.7 Å². The van der Waals surface area contributed by atoms with Gasteiger partial charge in [0.15, 0.2) is 0 Å². The molecule has 0 aliphatic carbocycles. The molecule has 3 rings (SSSR count). The van der Waals surface area contributed by atoms with E-state index in [4.69, 9.17) is 0 Å². The van der Waals surface area contributed by atoms with E-state index in [1.807, 2.05) is 44.2 Å². The van der Waals surface area contributed by atoms with E-state index in [2.05, 4.69) is 16.0 Å². The number of carboxylic acids is 1. The van der Waals surface area contributed by atoms with Gasteiger partial charge < -0.3 is 21.1 Å². The van der Waals surface area contributed by atoms with Gasteiger partial charge in [-0.2, -0.15) is 0 Å². The van der Waals surface area contributed by atoms with Gasteiger partial charge in [-0.1, -0.05) is 44.2 Å². The molecule has 7 nitrogen and oxygen atoms in total. The quantitative estimate of drug-likeness (QED) is 0.377. The van der Waals surface area contributed by atoms with Gasteiger partial charge in [0.05, 0.1) is 0 Å². The number of hydrogen-bond acceptors (Lipinski definition) is 3. The second-order valence-electron chi connectivity index (χ2n) is 8.57. The fourth-order valence-electron chi connectivity index (χ4n) is 3.41. The molecule has 0 aliphatic heterocycles. The summed E-state index contributed by atoms with van der Waals surface area (Å²) in [6, 6.07) is 18.7. The van der Waals surface area contributed by atoms with Gasteiger partial charge in [-0.3, -0.25) is 4.79 Å². The van der Waals surface area contributed by atoms with E-state index in [0.717, 1.165) is 27.9 Å². The lowest BCUT2D eigenvalue weighted by atomic mass is 10.0. The number of amides is 3. The van der Waals surface area contributed by atoms with E-state index in [1.165, 1.54) is 0 Å². The van der Waals surface area contributed by atoms with Crippen molar-refractivity contribution in [2.75, 3.05) is 10.6 Å². The minimum absolute atomic E-state index is 0.226. The maximum Gasteiger partial charge on any atom is 0.326 e. The molecule has 7 heteroatoms. The highest BCUT2D eigenvalue weighted by atomic mass is 16.4. The average molecular weight is 460 g/mol. The molecule has 0 saturated heterocycles. The minimum atomic E-state index is -1.06. The third-order valence-electron chi connectivity index (χ3n) is 5.61. The van der Waals surface area contributed by atoms with Gasteiger partial charge in [-0.25, -0.2) is 9.59 Å². The number of benzene rings is 3. The van der Waals surface area contributed by atoms with Crippen molar-refractivity contribution in [3.63, 3.8) is 0 Å². The molecule has 3 aromatic rings. The first-order valence-corrected chi connectivity index (χ1v) is 11.0. The van der Waals surface area contributed by atoms with Crippen LogP contribution in [-0.4, -0.2) is 29.1 Å². The SMILES string of the molecule is Cc1ccc(NC(=O)Nc2ccc(-c3ccc(C(=O)N[C@@H](C(=O)O)C(C)C)cc3)cc2)cc1C. The molecule has 4 N–H and O–H groups in total. The van der Waals surface area contributed by atoms with Gasteiger partial charge in [-0.05, 0) is 78.4 Å². The standard InChI is InChI=1S/C27H29N3O4/c1-16(2)24(26(32)33)30-25(31)21-8-6-19(7-9-21)20-10-13-22(14-11-20)28-27(34)29-23-12-5-17(3)18(4)15-23/h5-16,24H,1-4H3,(H,30,31)(H,32,33)(H2,28,29,34)/t24-/m1/s1. The molecular weight excluding hydrogens is 430 g/mol. The first-order chi connectivity index (χ1) is 16.1. The molecule has 0 saturated carbocycles. The molecular formula is C27H29N3O4. The van der Waals surface area contributed by atoms with Crippen LogP contribution in [-0.2, 0) is 4.79 Å². The summed E-state index contributed by atoms with van der Waals surface area (Å²) >= 11 is 0. The summed E-state index contributed by atoms with van der Waals surface area (Å²) in [5.74, 6) is -1.71. The molecule has 3 amide bonds. The largest absolute Gasteiger partial charge is 0.480 e. The molecule has 1 atom stereocenters. The summed E-state index contributed by atoms with van der Waals surface area (Å²) in [5.41, 5.74) is 5.83. The molecule has 34 heavy (non-hydrogen) atoms. The van der Waals surface area contributed by atoms with Crippen LogP contribution in [0.1, 0.15) is 35.3 Å². The van der Waals surface area contributed by atoms with Crippen LogP contribution >= 0.6 is 0 Å². The highest BCUT2D eigenvalue weighted by Gasteiger charge is 2.23. The number of hydrogen-bond donors (Lipinski definition) is 4. The molecule has 176 valence electrons. The maximum absolute atomic E-state index is 12.4. The predicted molar refractivity (Wildman–Crippen MR) is 134 cm³/mol. The second-order valence-corrected chi connectivity index (χ2v) is 8.57. The van der Waals surface area contributed by atoms with Crippen LogP contribution in [0.3, 0.4) is 0 Å². The summed E-state index contributed by atoms with van der Waals surface area (Å²) in [7, 11) is 0. The number of rotatable bonds is 7. The van der Waals surface area contributed by atoms with Crippen LogP contribution in [0.2, 0.25) is 0 Å². The van der Waals surface area contributed by atoms with Gasteiger partial charge in [0.25, 0.3) is 5.91 Å². The summed E-state index contributed by atoms with van der Waals surface area (Å²) in [5, 5.41) is 17.5. The van der Waals surface area contributed by atoms with Crippen molar-refractivity contribution >= 4 is 29.3 Å². The van der Waals surface area contributed by atoms with Crippen molar-refractivity contribution in [1.82, 2.24) is 5.32 Å². The lowest BCUT2D eigenvalue weighted by molar-refractivity contribution is -0.140. The molecule has 0 aromatic heterocycles. The van der Waals surface area contributed by atoms with Crippen LogP contribution < -0.4 is 16.0 Å². The summed E-state index contributed by atoms with van der Waals surface area (Å²) in [4.78, 5) is 36.0. The van der Waals surface area contributed by atoms with Crippen molar-refractivity contribution in [3.05, 3.63) is 83.4 Å². The Morgan fingerprint density at radius 3 is 1.79 bits per heavy atom. The number of nitrogens with one attached hydrogen (secondary N) is 3. The Hall–Kier alpha value is -4.13. The van der Waals surface area contributed by atoms with Crippen LogP contribution in [0.4, 0.5) is 16.2 Å². The first-order valence-electron chi connectivity index (χ1n) is 11.0. The molecule has 0 bridgehead atoms. The smallest absolute Gasteiger partial charge is 0.326 e. The zero-order valence-electron chi connectivity index (χ0n) is 19.7. The van der Waals surface area contributed by atoms with E-state index >= 15 is 0 Å². The van der Waals surface area contributed by atoms with Crippen molar-refractivity contribution in [1.29, 1.82) is 0 Å². The Morgan fingerprint density at radius 1 is 0.735 bits per heavy atom. The number of carbonyl (C=O) groups is 3. The van der Waals surface area contributed by atoms with Gasteiger partial charge in [0.2, 0.25) is 0 Å². The van der Waals surface area contributed by atoms with E-state index in [1.54, 1.807) is 50.2 Å². The Bertz CT molecular complexity index is 1190. The Balaban J connectivity index is 1.61. The number of carboxylic acid groups (broad SMARTS) is 1. The molecule has 0 unspecified atom stereocenters. The predicted octanol–water partition coefficient (Wildman–Crippen LogP) is 5.45. The summed E-state index contributed by atoms with van der Waals surface area (Å²) in [6.45, 7) is 7.50. The molecule has 0 radical (unpaired) electrons. The highest BCUT2D eigenvalue weighted by Crippen LogP contribution is 2.22. The van der Waals surface area contributed by atoms with Crippen LogP contribution in [0.5, 0.6) is 0 Å². The van der Waals surface area contributed by atoms with Crippen LogP contribution in [0.25, 0.3) is 11.1 Å². The lowest BCUT2D eigenvalue weighted by Crippen LogP contribution is -2.44. The van der Waals surface area contributed by atoms with E-state index < -0.39 is 17.9 Å². The Labute approximate surface area is 199 Å². The lowest BCUT2D eigenvalue weighted by Gasteiger charge is -2.18. The van der Waals surface area contributed by atoms with Gasteiger partial charge in [0.1, 0.15) is 6.04 Å². The fraction of sp³-hybridized carbons (Fsp3) is 0.222. The molecule has 0 spiro atoms. The monoisotopic (exact) mass is 459 g/mol. The zero-order chi connectivity index (χ0) is 24.8. The van der Waals surface area contributed by atoms with E-state index in [-0.39, 0.29) is 11.9 Å². The van der Waals surface area contributed by atoms with Crippen molar-refractivity contribution in [2.24, 2.45) is 5.92 Å². The Kier molecular flexibility index (Phi) is 7.68. The number of anilines is 2. The molecule has 3 aromatic carbocycles. The van der Waals surface area contributed by atoms with Gasteiger partial charge >= 0.3 is 12.0 Å². The number of urea groups is 1. The van der Waals surface area contributed by atoms with Crippen molar-refractivity contribution < 1.29 is 19.5 Å². The summed E-state index contributed by atoms with van der Waals surface area (Å²) < 4.78 is 0. The number of aryl methyl sites for hydroxylation is 2. The first kappa shape index (κ1) is 24.5. The van der Waals surface area contributed by atoms with Crippen molar-refractivity contribution in [3.8, 4) is 11.1 Å². The molecule has 0 fully saturated rings. The zero-order valence-corrected chi connectivity index (χ0v) is 19.7. The molecule has 0 heterocycles. The number of aliphatic carboxylic acids is 1. The number of carbonyl (C=O) groups excluding carboxylic acids is 2. The highest BCUT2D eigenvalue weighted by molar-refractivity contribution is 6.00. The molecule has 0 aliphatic rings. The second kappa shape index (κ2) is 10.7. The van der Waals surface area contributed by atoms with Crippen LogP contribution in [0, 0.1) is 19.8 Å². The maximum atomic E-state index is 12.4. The third kappa shape index (κ3) is 6.22. The Morgan fingerprint density at radius 2 is 1.26 bits per heavy atom. The topological polar surface area (TPSA) is 108 Å². The average Bonchev–Trinajstić information content (AvgIpc) is 2.80. The van der Waals surface area contributed by atoms with E-state index in [0.29, 0.717) is 11.3 Å². The van der Waals surface area contributed by atoms with Crippen molar-refractivity contribution in [2.45, 2.75) is 33.7 Å². The van der Waals surface area contributed by atoms with Gasteiger partial charge in [-0.15, -0.1) is 0 Å². The minimum Gasteiger partial charge on any atom is -0.480 e. The van der Waals surface area contributed by atoms with Gasteiger partial charge in [0, 0.05) is 16.9 Å². The van der Waals surface area contributed by atoms with E-state index in [9.17, 15) is 19.5 Å². The normalized spacial score (nSPS) is 11.6.